The Morgan fingerprint density at radius 1 is 1.39 bits per heavy atom. The smallest absolute Gasteiger partial charge is 0.259 e. The van der Waals surface area contributed by atoms with E-state index in [-0.39, 0.29) is 12.5 Å². The molecule has 2 aromatic heterocycles. The summed E-state index contributed by atoms with van der Waals surface area (Å²) in [6.45, 7) is 4.97. The summed E-state index contributed by atoms with van der Waals surface area (Å²) in [4.78, 5) is 23.4. The number of nitrogens with one attached hydrogen (secondary N) is 2. The average Bonchev–Trinajstić information content (AvgIpc) is 2.68. The Morgan fingerprint density at radius 2 is 2.22 bits per heavy atom. The van der Waals surface area contributed by atoms with Gasteiger partial charge in [-0.1, -0.05) is 0 Å². The molecule has 120 valence electrons. The van der Waals surface area contributed by atoms with Crippen LogP contribution in [0.1, 0.15) is 22.8 Å². The predicted molar refractivity (Wildman–Crippen MR) is 89.4 cm³/mol. The number of nitrogens with zero attached hydrogens (tertiary/aromatic N) is 3. The summed E-state index contributed by atoms with van der Waals surface area (Å²) in [6.07, 6.45) is 1.67. The second-order valence-corrected chi connectivity index (χ2v) is 5.25. The van der Waals surface area contributed by atoms with Gasteiger partial charge in [0.2, 0.25) is 0 Å². The number of anilines is 4. The van der Waals surface area contributed by atoms with Crippen LogP contribution in [0, 0.1) is 6.92 Å². The summed E-state index contributed by atoms with van der Waals surface area (Å²) in [6, 6.07) is 5.36. The minimum absolute atomic E-state index is 0.0242. The summed E-state index contributed by atoms with van der Waals surface area (Å²) < 4.78 is 0. The van der Waals surface area contributed by atoms with Gasteiger partial charge in [-0.05, 0) is 37.6 Å². The molecule has 0 fully saturated rings. The molecule has 1 amide bonds. The van der Waals surface area contributed by atoms with E-state index in [2.05, 4.69) is 20.6 Å². The number of aromatic nitrogens is 2. The molecule has 0 spiro atoms. The Bertz CT molecular complexity index is 747. The Morgan fingerprint density at radius 3 is 2.96 bits per heavy atom. The molecule has 0 saturated heterocycles. The fraction of sp³-hybridized carbons (Fsp3) is 0.312. The summed E-state index contributed by atoms with van der Waals surface area (Å²) in [5.74, 6) is 1.71. The number of carbonyl (C=O) groups excluding carboxylic acids is 1. The maximum Gasteiger partial charge on any atom is 0.259 e. The number of fused-ring (bicyclic) bond motifs is 2. The number of amides is 1. The Balaban J connectivity index is 2.16. The maximum absolute atomic E-state index is 12.5. The lowest BCUT2D eigenvalue weighted by Crippen LogP contribution is -2.20. The van der Waals surface area contributed by atoms with E-state index in [0.29, 0.717) is 41.8 Å². The van der Waals surface area contributed by atoms with Gasteiger partial charge in [0.1, 0.15) is 11.6 Å². The second-order valence-electron chi connectivity index (χ2n) is 5.25. The number of pyridine rings is 2. The Labute approximate surface area is 134 Å². The van der Waals surface area contributed by atoms with E-state index in [9.17, 15) is 4.79 Å². The van der Waals surface area contributed by atoms with Crippen molar-refractivity contribution in [2.24, 2.45) is 0 Å². The van der Waals surface area contributed by atoms with E-state index in [0.717, 1.165) is 5.56 Å². The van der Waals surface area contributed by atoms with E-state index in [1.165, 1.54) is 0 Å². The van der Waals surface area contributed by atoms with Gasteiger partial charge < -0.3 is 20.6 Å². The molecule has 0 aliphatic carbocycles. The van der Waals surface area contributed by atoms with Crippen LogP contribution in [0.25, 0.3) is 0 Å². The molecule has 7 nitrogen and oxygen atoms in total. The molecule has 3 N–H and O–H groups in total. The van der Waals surface area contributed by atoms with E-state index >= 15 is 0 Å². The predicted octanol–water partition coefficient (Wildman–Crippen LogP) is 1.91. The first kappa shape index (κ1) is 15.2. The van der Waals surface area contributed by atoms with Crippen molar-refractivity contribution in [3.63, 3.8) is 0 Å². The lowest BCUT2D eigenvalue weighted by molar-refractivity contribution is 0.102. The molecule has 0 unspecified atom stereocenters. The molecule has 1 aliphatic rings. The van der Waals surface area contributed by atoms with E-state index < -0.39 is 0 Å². The average molecular weight is 313 g/mol. The molecule has 0 radical (unpaired) electrons. The highest BCUT2D eigenvalue weighted by Crippen LogP contribution is 2.37. The number of aryl methyl sites for hydroxylation is 1. The summed E-state index contributed by atoms with van der Waals surface area (Å²) in [5.41, 5.74) is 2.11. The van der Waals surface area contributed by atoms with Gasteiger partial charge in [-0.3, -0.25) is 4.79 Å². The highest BCUT2D eigenvalue weighted by molar-refractivity contribution is 6.11. The first-order chi connectivity index (χ1) is 11.2. The van der Waals surface area contributed by atoms with Crippen LogP contribution in [0.2, 0.25) is 0 Å². The lowest BCUT2D eigenvalue weighted by atomic mass is 10.2. The van der Waals surface area contributed by atoms with Crippen molar-refractivity contribution in [2.75, 3.05) is 35.2 Å². The van der Waals surface area contributed by atoms with Gasteiger partial charge in [-0.15, -0.1) is 0 Å². The molecule has 0 bridgehead atoms. The molecule has 1 aliphatic heterocycles. The minimum atomic E-state index is -0.189. The summed E-state index contributed by atoms with van der Waals surface area (Å²) in [7, 11) is 0. The van der Waals surface area contributed by atoms with E-state index in [1.54, 1.807) is 18.3 Å². The third-order valence-corrected chi connectivity index (χ3v) is 3.71. The molecule has 23 heavy (non-hydrogen) atoms. The number of hydrogen-bond donors (Lipinski definition) is 3. The van der Waals surface area contributed by atoms with Gasteiger partial charge in [0.05, 0.1) is 17.9 Å². The molecular formula is C16H19N5O2. The SMILES string of the molecule is CCN1c2ncccc2C(=O)Nc2c(C)cc(NCCO)nc21. The van der Waals surface area contributed by atoms with Crippen LogP contribution in [0.3, 0.4) is 0 Å². The Kier molecular flexibility index (Phi) is 4.12. The zero-order valence-corrected chi connectivity index (χ0v) is 13.1. The quantitative estimate of drug-likeness (QED) is 0.799. The highest BCUT2D eigenvalue weighted by Gasteiger charge is 2.27. The lowest BCUT2D eigenvalue weighted by Gasteiger charge is -2.23. The monoisotopic (exact) mass is 313 g/mol. The number of carbonyl (C=O) groups is 1. The van der Waals surface area contributed by atoms with Crippen LogP contribution < -0.4 is 15.5 Å². The van der Waals surface area contributed by atoms with Gasteiger partial charge in [0, 0.05) is 19.3 Å². The maximum atomic E-state index is 12.5. The van der Waals surface area contributed by atoms with Crippen LogP contribution in [-0.4, -0.2) is 40.7 Å². The number of aliphatic hydroxyl groups excluding tert-OH is 1. The normalized spacial score (nSPS) is 13.0. The zero-order chi connectivity index (χ0) is 16.4. The fourth-order valence-corrected chi connectivity index (χ4v) is 2.65. The molecule has 3 rings (SSSR count). The first-order valence-electron chi connectivity index (χ1n) is 7.56. The third kappa shape index (κ3) is 2.70. The number of hydrogen-bond acceptors (Lipinski definition) is 6. The van der Waals surface area contributed by atoms with Crippen molar-refractivity contribution in [3.05, 3.63) is 35.5 Å². The largest absolute Gasteiger partial charge is 0.395 e. The topological polar surface area (TPSA) is 90.4 Å². The standard InChI is InChI=1S/C16H19N5O2/c1-3-21-14-11(5-4-6-18-14)16(23)20-13-10(2)9-12(17-7-8-22)19-15(13)21/h4-6,9,22H,3,7-8H2,1-2H3,(H,17,19)(H,20,23). The fourth-order valence-electron chi connectivity index (χ4n) is 2.65. The minimum Gasteiger partial charge on any atom is -0.395 e. The molecule has 0 aromatic carbocycles. The molecule has 0 atom stereocenters. The number of rotatable bonds is 4. The summed E-state index contributed by atoms with van der Waals surface area (Å²) >= 11 is 0. The van der Waals surface area contributed by atoms with Crippen LogP contribution in [0.5, 0.6) is 0 Å². The van der Waals surface area contributed by atoms with Gasteiger partial charge in [-0.25, -0.2) is 9.97 Å². The number of aliphatic hydroxyl groups is 1. The third-order valence-electron chi connectivity index (χ3n) is 3.71. The van der Waals surface area contributed by atoms with Crippen molar-refractivity contribution in [1.82, 2.24) is 9.97 Å². The zero-order valence-electron chi connectivity index (χ0n) is 13.1. The highest BCUT2D eigenvalue weighted by atomic mass is 16.3. The van der Waals surface area contributed by atoms with Crippen molar-refractivity contribution in [1.29, 1.82) is 0 Å². The van der Waals surface area contributed by atoms with Crippen LogP contribution in [0.15, 0.2) is 24.4 Å². The first-order valence-corrected chi connectivity index (χ1v) is 7.56. The van der Waals surface area contributed by atoms with Crippen LogP contribution in [-0.2, 0) is 0 Å². The van der Waals surface area contributed by atoms with Gasteiger partial charge in [0.15, 0.2) is 5.82 Å². The molecular weight excluding hydrogens is 294 g/mol. The van der Waals surface area contributed by atoms with Crippen molar-refractivity contribution < 1.29 is 9.90 Å². The summed E-state index contributed by atoms with van der Waals surface area (Å²) in [5, 5.41) is 15.0. The van der Waals surface area contributed by atoms with Gasteiger partial charge in [0.25, 0.3) is 5.91 Å². The van der Waals surface area contributed by atoms with Crippen molar-refractivity contribution in [2.45, 2.75) is 13.8 Å². The van der Waals surface area contributed by atoms with Gasteiger partial charge in [-0.2, -0.15) is 0 Å². The van der Waals surface area contributed by atoms with E-state index in [4.69, 9.17) is 5.11 Å². The van der Waals surface area contributed by atoms with Crippen LogP contribution in [0.4, 0.5) is 23.1 Å². The molecule has 3 heterocycles. The Hall–Kier alpha value is -2.67. The molecule has 0 saturated carbocycles. The van der Waals surface area contributed by atoms with Gasteiger partial charge >= 0.3 is 0 Å². The molecule has 7 heteroatoms. The van der Waals surface area contributed by atoms with Crippen LogP contribution >= 0.6 is 0 Å². The van der Waals surface area contributed by atoms with Crippen molar-refractivity contribution in [3.8, 4) is 0 Å². The molecule has 2 aromatic rings. The van der Waals surface area contributed by atoms with E-state index in [1.807, 2.05) is 24.8 Å². The van der Waals surface area contributed by atoms with Crippen molar-refractivity contribution >= 4 is 29.0 Å². The second kappa shape index (κ2) is 6.21.